The van der Waals surface area contributed by atoms with Crippen LogP contribution in [0.25, 0.3) is 0 Å². The number of allylic oxidation sites excluding steroid dienone is 1. The van der Waals surface area contributed by atoms with Crippen LogP contribution in [0.5, 0.6) is 0 Å². The molecule has 8 heteroatoms. The molecule has 0 spiro atoms. The van der Waals surface area contributed by atoms with Crippen LogP contribution < -0.4 is 0 Å². The van der Waals surface area contributed by atoms with E-state index in [4.69, 9.17) is 9.47 Å². The summed E-state index contributed by atoms with van der Waals surface area (Å²) in [4.78, 5) is 11.0. The first-order valence-electron chi connectivity index (χ1n) is 9.28. The topological polar surface area (TPSA) is 93.1 Å². The van der Waals surface area contributed by atoms with Gasteiger partial charge >= 0.3 is 0 Å². The van der Waals surface area contributed by atoms with Crippen molar-refractivity contribution in [2.24, 2.45) is 0 Å². The quantitative estimate of drug-likeness (QED) is 0.301. The van der Waals surface area contributed by atoms with E-state index in [2.05, 4.69) is 23.7 Å². The Morgan fingerprint density at radius 1 is 0.938 bits per heavy atom. The van der Waals surface area contributed by atoms with E-state index >= 15 is 0 Å². The smallest absolute Gasteiger partial charge is 0.251 e. The minimum Gasteiger partial charge on any atom is -0.498 e. The molecule has 1 N–H and O–H groups in total. The fourth-order valence-corrected chi connectivity index (χ4v) is 3.73. The van der Waals surface area contributed by atoms with Crippen molar-refractivity contribution in [1.82, 2.24) is 4.31 Å². The van der Waals surface area contributed by atoms with Gasteiger partial charge in [-0.1, -0.05) is 54.2 Å². The van der Waals surface area contributed by atoms with Crippen molar-refractivity contribution in [3.05, 3.63) is 83.5 Å². The predicted molar refractivity (Wildman–Crippen MR) is 119 cm³/mol. The van der Waals surface area contributed by atoms with Crippen LogP contribution in [0, 0.1) is 23.7 Å². The Labute approximate surface area is 187 Å². The van der Waals surface area contributed by atoms with Crippen molar-refractivity contribution in [2.75, 3.05) is 27.3 Å². The van der Waals surface area contributed by atoms with Crippen molar-refractivity contribution in [1.29, 1.82) is 0 Å². The lowest BCUT2D eigenvalue weighted by Gasteiger charge is -2.17. The molecule has 0 radical (unpaired) electrons. The van der Waals surface area contributed by atoms with Gasteiger partial charge in [0.05, 0.1) is 32.2 Å². The summed E-state index contributed by atoms with van der Waals surface area (Å²) in [6.07, 6.45) is 0. The van der Waals surface area contributed by atoms with Gasteiger partial charge in [-0.05, 0) is 30.2 Å². The van der Waals surface area contributed by atoms with Gasteiger partial charge in [-0.25, -0.2) is 13.2 Å². The minimum atomic E-state index is -3.90. The number of rotatable bonds is 7. The molecule has 164 valence electrons. The van der Waals surface area contributed by atoms with Crippen LogP contribution >= 0.6 is 0 Å². The summed E-state index contributed by atoms with van der Waals surface area (Å²) in [5, 5.41) is 10.1. The lowest BCUT2D eigenvalue weighted by atomic mass is 10.2. The van der Waals surface area contributed by atoms with Gasteiger partial charge in [0.15, 0.2) is 5.94 Å². The van der Waals surface area contributed by atoms with E-state index in [0.29, 0.717) is 0 Å². The molecule has 0 fully saturated rings. The van der Waals surface area contributed by atoms with Crippen LogP contribution in [0.4, 0.5) is 0 Å². The Morgan fingerprint density at radius 2 is 1.53 bits per heavy atom. The van der Waals surface area contributed by atoms with E-state index in [0.717, 1.165) is 9.87 Å². The standard InChI is InChI=1S/C24H21NO6S/c1-30-23(19-26)24(31-2)22(27)16-10-18-25(17-9-13-20-11-5-3-6-12-20)32(28,29)21-14-7-4-8-15-21/h3-8,11-12,14-15,27H,17-18H2,1-2H3/b24-22-. The van der Waals surface area contributed by atoms with Gasteiger partial charge in [-0.3, -0.25) is 0 Å². The summed E-state index contributed by atoms with van der Waals surface area (Å²) in [5.74, 6) is 10.9. The molecule has 0 bridgehead atoms. The highest BCUT2D eigenvalue weighted by atomic mass is 32.2. The molecule has 0 saturated heterocycles. The number of aliphatic hydroxyl groups is 1. The highest BCUT2D eigenvalue weighted by Crippen LogP contribution is 2.15. The van der Waals surface area contributed by atoms with Crippen LogP contribution in [0.1, 0.15) is 5.56 Å². The van der Waals surface area contributed by atoms with Crippen LogP contribution in [-0.4, -0.2) is 51.1 Å². The molecule has 32 heavy (non-hydrogen) atoms. The Hall–Kier alpha value is -3.94. The first-order chi connectivity index (χ1) is 15.4. The average molecular weight is 452 g/mol. The van der Waals surface area contributed by atoms with E-state index in [1.165, 1.54) is 32.3 Å². The normalized spacial score (nSPS) is 11.1. The molecule has 0 atom stereocenters. The Bertz CT molecular complexity index is 1220. The van der Waals surface area contributed by atoms with Crippen molar-refractivity contribution >= 4 is 16.0 Å². The summed E-state index contributed by atoms with van der Waals surface area (Å²) >= 11 is 0. The molecule has 7 nitrogen and oxygen atoms in total. The number of sulfonamides is 1. The summed E-state index contributed by atoms with van der Waals surface area (Å²) < 4.78 is 36.9. The summed E-state index contributed by atoms with van der Waals surface area (Å²) in [6, 6.07) is 17.0. The number of aliphatic hydroxyl groups excluding tert-OH is 1. The second-order valence-corrected chi connectivity index (χ2v) is 8.01. The molecular weight excluding hydrogens is 430 g/mol. The SMILES string of the molecule is COC(=C=O)/C(OC)=C(/O)C#CCN(CC#Cc1ccccc1)S(=O)(=O)c1ccccc1. The maximum absolute atomic E-state index is 13.1. The van der Waals surface area contributed by atoms with Crippen molar-refractivity contribution in [3.8, 4) is 23.7 Å². The molecule has 0 aliphatic rings. The third-order valence-corrected chi connectivity index (χ3v) is 5.83. The number of carbonyl (C=O) groups excluding carboxylic acids is 1. The largest absolute Gasteiger partial charge is 0.498 e. The first-order valence-corrected chi connectivity index (χ1v) is 10.7. The zero-order chi connectivity index (χ0) is 23.4. The average Bonchev–Trinajstić information content (AvgIpc) is 2.82. The lowest BCUT2D eigenvalue weighted by Crippen LogP contribution is -2.32. The molecule has 0 aliphatic heterocycles. The maximum atomic E-state index is 13.1. The lowest BCUT2D eigenvalue weighted by molar-refractivity contribution is 0.207. The van der Waals surface area contributed by atoms with Gasteiger partial charge in [-0.2, -0.15) is 4.31 Å². The van der Waals surface area contributed by atoms with Crippen LogP contribution in [0.2, 0.25) is 0 Å². The number of methoxy groups -OCH3 is 2. The molecule has 0 aromatic heterocycles. The van der Waals surface area contributed by atoms with Gasteiger partial charge in [-0.15, -0.1) is 0 Å². The maximum Gasteiger partial charge on any atom is 0.251 e. The van der Waals surface area contributed by atoms with Crippen LogP contribution in [-0.2, 0) is 24.3 Å². The minimum absolute atomic E-state index is 0.0891. The van der Waals surface area contributed by atoms with E-state index in [1.807, 2.05) is 30.3 Å². The second-order valence-electron chi connectivity index (χ2n) is 6.07. The zero-order valence-electron chi connectivity index (χ0n) is 17.5. The van der Waals surface area contributed by atoms with E-state index < -0.39 is 15.8 Å². The van der Waals surface area contributed by atoms with Gasteiger partial charge in [0.25, 0.3) is 5.76 Å². The van der Waals surface area contributed by atoms with E-state index in [9.17, 15) is 18.3 Å². The monoisotopic (exact) mass is 451 g/mol. The molecule has 2 aromatic carbocycles. The first kappa shape index (κ1) is 24.3. The summed E-state index contributed by atoms with van der Waals surface area (Å²) in [5.41, 5.74) is 0.744. The predicted octanol–water partition coefficient (Wildman–Crippen LogP) is 2.51. The van der Waals surface area contributed by atoms with Crippen molar-refractivity contribution < 1.29 is 27.8 Å². The number of ether oxygens (including phenoxy) is 2. The summed E-state index contributed by atoms with van der Waals surface area (Å²) in [6.45, 7) is -0.394. The molecular formula is C24H21NO6S. The van der Waals surface area contributed by atoms with Crippen molar-refractivity contribution in [3.63, 3.8) is 0 Å². The number of hydrogen-bond acceptors (Lipinski definition) is 6. The van der Waals surface area contributed by atoms with E-state index in [1.54, 1.807) is 18.2 Å². The molecule has 0 unspecified atom stereocenters. The Kier molecular flexibility index (Phi) is 9.16. The van der Waals surface area contributed by atoms with E-state index in [-0.39, 0.29) is 29.5 Å². The van der Waals surface area contributed by atoms with Crippen molar-refractivity contribution in [2.45, 2.75) is 4.90 Å². The third-order valence-electron chi connectivity index (χ3n) is 4.03. The molecule has 2 aromatic rings. The molecule has 0 amide bonds. The molecule has 2 rings (SSSR count). The van der Waals surface area contributed by atoms with Gasteiger partial charge < -0.3 is 14.6 Å². The fraction of sp³-hybridized carbons (Fsp3) is 0.167. The summed E-state index contributed by atoms with van der Waals surface area (Å²) in [7, 11) is -1.47. The Balaban J connectivity index is 2.35. The van der Waals surface area contributed by atoms with Gasteiger partial charge in [0, 0.05) is 5.56 Å². The molecule has 0 saturated carbocycles. The van der Waals surface area contributed by atoms with Gasteiger partial charge in [0.2, 0.25) is 21.5 Å². The molecule has 0 heterocycles. The number of nitrogens with zero attached hydrogens (tertiary/aromatic N) is 1. The Morgan fingerprint density at radius 3 is 2.09 bits per heavy atom. The zero-order valence-corrected chi connectivity index (χ0v) is 18.3. The molecule has 0 aliphatic carbocycles. The second kappa shape index (κ2) is 12.0. The third kappa shape index (κ3) is 6.53. The highest BCUT2D eigenvalue weighted by Gasteiger charge is 2.22. The number of hydrogen-bond donors (Lipinski definition) is 1. The van der Waals surface area contributed by atoms with Gasteiger partial charge in [0.1, 0.15) is 0 Å². The highest BCUT2D eigenvalue weighted by molar-refractivity contribution is 7.89. The fourth-order valence-electron chi connectivity index (χ4n) is 2.46. The number of benzene rings is 2. The van der Waals surface area contributed by atoms with Crippen LogP contribution in [0.3, 0.4) is 0 Å². The van der Waals surface area contributed by atoms with Crippen LogP contribution in [0.15, 0.2) is 82.8 Å².